The summed E-state index contributed by atoms with van der Waals surface area (Å²) in [5.74, 6) is 1.06. The van der Waals surface area contributed by atoms with E-state index in [4.69, 9.17) is 4.99 Å². The molecule has 0 bridgehead atoms. The summed E-state index contributed by atoms with van der Waals surface area (Å²) in [6, 6.07) is 0. The van der Waals surface area contributed by atoms with Crippen LogP contribution in [-0.4, -0.2) is 48.8 Å². The lowest BCUT2D eigenvalue weighted by molar-refractivity contribution is 0.123. The topological polar surface area (TPSA) is 47.9 Å². The van der Waals surface area contributed by atoms with Gasteiger partial charge in [0.15, 0.2) is 5.96 Å². The van der Waals surface area contributed by atoms with Crippen molar-refractivity contribution < 1.29 is 5.11 Å². The van der Waals surface area contributed by atoms with Crippen molar-refractivity contribution in [3.8, 4) is 0 Å². The fourth-order valence-corrected chi connectivity index (χ4v) is 3.62. The Labute approximate surface area is 130 Å². The molecule has 21 heavy (non-hydrogen) atoms. The Hall–Kier alpha value is -0.770. The molecule has 0 amide bonds. The van der Waals surface area contributed by atoms with Crippen LogP contribution in [-0.2, 0) is 0 Å². The third kappa shape index (κ3) is 3.53. The van der Waals surface area contributed by atoms with Gasteiger partial charge in [-0.15, -0.1) is 0 Å². The third-order valence-corrected chi connectivity index (χ3v) is 5.89. The highest BCUT2D eigenvalue weighted by Gasteiger charge is 2.43. The number of aliphatic imine (C=N–C) groups is 1. The molecule has 2 N–H and O–H groups in total. The lowest BCUT2D eigenvalue weighted by Crippen LogP contribution is -2.43. The minimum Gasteiger partial charge on any atom is -0.396 e. The quantitative estimate of drug-likeness (QED) is 0.585. The highest BCUT2D eigenvalue weighted by molar-refractivity contribution is 5.80. The molecule has 2 rings (SSSR count). The van der Waals surface area contributed by atoms with Crippen molar-refractivity contribution in [1.82, 2.24) is 10.2 Å². The van der Waals surface area contributed by atoms with Gasteiger partial charge >= 0.3 is 0 Å². The second-order valence-corrected chi connectivity index (χ2v) is 7.06. The minimum absolute atomic E-state index is 0.0471. The molecule has 0 aromatic heterocycles. The molecule has 1 aliphatic heterocycles. The maximum absolute atomic E-state index is 9.71. The molecule has 1 aliphatic carbocycles. The number of aliphatic hydroxyl groups excluding tert-OH is 1. The van der Waals surface area contributed by atoms with Crippen molar-refractivity contribution in [3.63, 3.8) is 0 Å². The lowest BCUT2D eigenvalue weighted by atomic mass is 9.68. The highest BCUT2D eigenvalue weighted by Crippen LogP contribution is 2.47. The maximum Gasteiger partial charge on any atom is 0.193 e. The van der Waals surface area contributed by atoms with Crippen LogP contribution in [0.2, 0.25) is 0 Å². The summed E-state index contributed by atoms with van der Waals surface area (Å²) in [7, 11) is 0. The SMILES string of the molecule is CCNC(=NCC(CC)(CC)CO)N1CCC2(CCC2)C1. The zero-order chi connectivity index (χ0) is 15.3. The molecule has 1 saturated carbocycles. The number of aliphatic hydroxyl groups is 1. The predicted octanol–water partition coefficient (Wildman–Crippen LogP) is 2.63. The molecule has 2 fully saturated rings. The molecule has 2 aliphatic rings. The van der Waals surface area contributed by atoms with Gasteiger partial charge in [0.25, 0.3) is 0 Å². The second-order valence-electron chi connectivity index (χ2n) is 7.06. The zero-order valence-electron chi connectivity index (χ0n) is 14.1. The summed E-state index contributed by atoms with van der Waals surface area (Å²) in [6.45, 7) is 10.6. The van der Waals surface area contributed by atoms with Gasteiger partial charge in [-0.25, -0.2) is 0 Å². The summed E-state index contributed by atoms with van der Waals surface area (Å²) >= 11 is 0. The molecular weight excluding hydrogens is 262 g/mol. The van der Waals surface area contributed by atoms with Gasteiger partial charge in [-0.05, 0) is 44.4 Å². The van der Waals surface area contributed by atoms with E-state index in [1.54, 1.807) is 0 Å². The van der Waals surface area contributed by atoms with Crippen LogP contribution in [0.3, 0.4) is 0 Å². The van der Waals surface area contributed by atoms with Crippen molar-refractivity contribution in [2.45, 2.75) is 59.3 Å². The number of hydrogen-bond donors (Lipinski definition) is 2. The normalized spacial score (nSPS) is 21.7. The van der Waals surface area contributed by atoms with E-state index >= 15 is 0 Å². The summed E-state index contributed by atoms with van der Waals surface area (Å²) in [6.07, 6.45) is 7.48. The fourth-order valence-electron chi connectivity index (χ4n) is 3.62. The molecule has 4 nitrogen and oxygen atoms in total. The zero-order valence-corrected chi connectivity index (χ0v) is 14.1. The van der Waals surface area contributed by atoms with Gasteiger partial charge in [0.2, 0.25) is 0 Å². The van der Waals surface area contributed by atoms with E-state index < -0.39 is 0 Å². The average molecular weight is 295 g/mol. The van der Waals surface area contributed by atoms with Gasteiger partial charge in [0, 0.05) is 25.0 Å². The van der Waals surface area contributed by atoms with Gasteiger partial charge in [0.1, 0.15) is 0 Å². The molecule has 122 valence electrons. The van der Waals surface area contributed by atoms with Crippen molar-refractivity contribution in [1.29, 1.82) is 0 Å². The van der Waals surface area contributed by atoms with Gasteiger partial charge in [-0.2, -0.15) is 0 Å². The Morgan fingerprint density at radius 3 is 2.38 bits per heavy atom. The first-order chi connectivity index (χ1) is 10.1. The van der Waals surface area contributed by atoms with Gasteiger partial charge in [-0.3, -0.25) is 4.99 Å². The number of nitrogens with one attached hydrogen (secondary N) is 1. The fraction of sp³-hybridized carbons (Fsp3) is 0.941. The second kappa shape index (κ2) is 6.99. The van der Waals surface area contributed by atoms with Crippen LogP contribution in [0.5, 0.6) is 0 Å². The molecule has 0 aromatic carbocycles. The Kier molecular flexibility index (Phi) is 5.53. The Balaban J connectivity index is 2.02. The van der Waals surface area contributed by atoms with Crippen LogP contribution in [0.25, 0.3) is 0 Å². The van der Waals surface area contributed by atoms with E-state index in [-0.39, 0.29) is 12.0 Å². The molecule has 1 heterocycles. The molecule has 0 radical (unpaired) electrons. The first-order valence-electron chi connectivity index (χ1n) is 8.77. The van der Waals surface area contributed by atoms with Crippen LogP contribution in [0.1, 0.15) is 59.3 Å². The predicted molar refractivity (Wildman–Crippen MR) is 88.6 cm³/mol. The van der Waals surface area contributed by atoms with Crippen molar-refractivity contribution in [3.05, 3.63) is 0 Å². The van der Waals surface area contributed by atoms with E-state index in [9.17, 15) is 5.11 Å². The van der Waals surface area contributed by atoms with Crippen molar-refractivity contribution >= 4 is 5.96 Å². The largest absolute Gasteiger partial charge is 0.396 e. The molecular formula is C17H33N3O. The number of likely N-dealkylation sites (tertiary alicyclic amines) is 1. The van der Waals surface area contributed by atoms with E-state index in [1.807, 2.05) is 0 Å². The molecule has 0 aromatic rings. The minimum atomic E-state index is -0.0471. The number of guanidine groups is 1. The number of rotatable bonds is 6. The Morgan fingerprint density at radius 2 is 1.95 bits per heavy atom. The van der Waals surface area contributed by atoms with E-state index in [0.29, 0.717) is 5.41 Å². The standard InChI is InChI=1S/C17H33N3O/c1-4-16(5-2,14-21)12-19-15(18-6-3)20-11-10-17(13-20)8-7-9-17/h21H,4-14H2,1-3H3,(H,18,19). The van der Waals surface area contributed by atoms with Crippen LogP contribution in [0, 0.1) is 10.8 Å². The van der Waals surface area contributed by atoms with E-state index in [0.717, 1.165) is 38.4 Å². The van der Waals surface area contributed by atoms with E-state index in [2.05, 4.69) is 31.0 Å². The highest BCUT2D eigenvalue weighted by atomic mass is 16.3. The summed E-state index contributed by atoms with van der Waals surface area (Å²) in [4.78, 5) is 7.32. The molecule has 1 spiro atoms. The summed E-state index contributed by atoms with van der Waals surface area (Å²) < 4.78 is 0. The van der Waals surface area contributed by atoms with Crippen LogP contribution < -0.4 is 5.32 Å². The Bertz CT molecular complexity index is 351. The third-order valence-electron chi connectivity index (χ3n) is 5.89. The van der Waals surface area contributed by atoms with Gasteiger partial charge in [-0.1, -0.05) is 20.3 Å². The smallest absolute Gasteiger partial charge is 0.193 e. The Morgan fingerprint density at radius 1 is 1.24 bits per heavy atom. The number of hydrogen-bond acceptors (Lipinski definition) is 2. The van der Waals surface area contributed by atoms with Gasteiger partial charge < -0.3 is 15.3 Å². The first-order valence-corrected chi connectivity index (χ1v) is 8.77. The van der Waals surface area contributed by atoms with Gasteiger partial charge in [0.05, 0.1) is 13.2 Å². The summed E-state index contributed by atoms with van der Waals surface area (Å²) in [5, 5.41) is 13.2. The molecule has 1 saturated heterocycles. The number of nitrogens with zero attached hydrogens (tertiary/aromatic N) is 2. The lowest BCUT2D eigenvalue weighted by Gasteiger charge is -2.38. The van der Waals surface area contributed by atoms with E-state index in [1.165, 1.54) is 32.2 Å². The van der Waals surface area contributed by atoms with Crippen LogP contribution in [0.4, 0.5) is 0 Å². The first kappa shape index (κ1) is 16.6. The average Bonchev–Trinajstić information content (AvgIpc) is 2.93. The van der Waals surface area contributed by atoms with Crippen molar-refractivity contribution in [2.24, 2.45) is 15.8 Å². The molecule has 0 atom stereocenters. The molecule has 0 unspecified atom stereocenters. The van der Waals surface area contributed by atoms with Crippen LogP contribution in [0.15, 0.2) is 4.99 Å². The monoisotopic (exact) mass is 295 g/mol. The van der Waals surface area contributed by atoms with Crippen molar-refractivity contribution in [2.75, 3.05) is 32.8 Å². The molecule has 4 heteroatoms. The van der Waals surface area contributed by atoms with Crippen LogP contribution >= 0.6 is 0 Å². The summed E-state index contributed by atoms with van der Waals surface area (Å²) in [5.41, 5.74) is 0.550. The maximum atomic E-state index is 9.71.